The van der Waals surface area contributed by atoms with Gasteiger partial charge in [0.2, 0.25) is 23.3 Å². The van der Waals surface area contributed by atoms with Gasteiger partial charge in [-0.05, 0) is 36.4 Å². The summed E-state index contributed by atoms with van der Waals surface area (Å²) in [7, 11) is 0. The van der Waals surface area contributed by atoms with E-state index in [1.54, 1.807) is 0 Å². The molecule has 0 saturated heterocycles. The van der Waals surface area contributed by atoms with Crippen molar-refractivity contribution in [2.75, 3.05) is 0 Å². The van der Waals surface area contributed by atoms with Gasteiger partial charge in [0.1, 0.15) is 0 Å². The maximum absolute atomic E-state index is 4.80. The summed E-state index contributed by atoms with van der Waals surface area (Å²) < 4.78 is 4.45. The molecule has 0 aliphatic rings. The van der Waals surface area contributed by atoms with Gasteiger partial charge in [0.05, 0.1) is 11.9 Å². The number of rotatable bonds is 5. The Morgan fingerprint density at radius 2 is 0.972 bits per heavy atom. The van der Waals surface area contributed by atoms with Gasteiger partial charge in [0, 0.05) is 47.0 Å². The summed E-state index contributed by atoms with van der Waals surface area (Å²) in [6.45, 7) is 0. The number of benzene rings is 3. The highest BCUT2D eigenvalue weighted by molar-refractivity contribution is 5.60. The molecule has 0 aliphatic heterocycles. The number of aromatic nitrogens is 3. The van der Waals surface area contributed by atoms with Gasteiger partial charge in [0.15, 0.2) is 6.20 Å². The monoisotopic (exact) mass is 463 g/mol. The molecule has 170 valence electrons. The Morgan fingerprint density at radius 3 is 1.58 bits per heavy atom. The van der Waals surface area contributed by atoms with Gasteiger partial charge in [-0.1, -0.05) is 66.7 Å². The maximum atomic E-state index is 4.80. The lowest BCUT2D eigenvalue weighted by Gasteiger charge is -2.07. The average molecular weight is 464 g/mol. The highest BCUT2D eigenvalue weighted by Gasteiger charge is 2.23. The lowest BCUT2D eigenvalue weighted by Crippen LogP contribution is -2.40. The average Bonchev–Trinajstić information content (AvgIpc) is 2.98. The Morgan fingerprint density at radius 1 is 0.417 bits per heavy atom. The third-order valence-corrected chi connectivity index (χ3v) is 6.31. The van der Waals surface area contributed by atoms with Crippen molar-refractivity contribution in [2.24, 2.45) is 0 Å². The molecule has 3 heteroatoms. The van der Waals surface area contributed by atoms with Gasteiger partial charge in [0.25, 0.3) is 5.69 Å². The van der Waals surface area contributed by atoms with Crippen molar-refractivity contribution in [1.29, 1.82) is 0 Å². The van der Waals surface area contributed by atoms with E-state index in [0.717, 1.165) is 39.6 Å². The third kappa shape index (κ3) is 4.30. The van der Waals surface area contributed by atoms with Crippen LogP contribution in [0.3, 0.4) is 0 Å². The normalized spacial score (nSPS) is 10.8. The Bertz CT molecular complexity index is 1590. The molecule has 0 N–H and O–H groups in total. The molecule has 0 amide bonds. The molecular weight excluding hydrogens is 438 g/mol. The molecular formula is C33H25N3+2. The van der Waals surface area contributed by atoms with Crippen molar-refractivity contribution in [2.45, 2.75) is 0 Å². The lowest BCUT2D eigenvalue weighted by atomic mass is 10.1. The zero-order chi connectivity index (χ0) is 24.2. The lowest BCUT2D eigenvalue weighted by molar-refractivity contribution is -0.619. The van der Waals surface area contributed by atoms with Gasteiger partial charge >= 0.3 is 0 Å². The summed E-state index contributed by atoms with van der Waals surface area (Å²) >= 11 is 0. The fraction of sp³-hybridized carbons (Fsp3) is 0. The molecule has 0 bridgehead atoms. The van der Waals surface area contributed by atoms with E-state index in [1.165, 1.54) is 5.56 Å². The fourth-order valence-corrected chi connectivity index (χ4v) is 4.51. The molecule has 6 rings (SSSR count). The first kappa shape index (κ1) is 21.6. The molecule has 3 nitrogen and oxygen atoms in total. The second-order valence-electron chi connectivity index (χ2n) is 8.60. The van der Waals surface area contributed by atoms with E-state index in [4.69, 9.17) is 4.98 Å². The molecule has 0 aliphatic carbocycles. The Hall–Kier alpha value is -4.89. The number of hydrogen-bond donors (Lipinski definition) is 0. The van der Waals surface area contributed by atoms with Crippen molar-refractivity contribution < 1.29 is 9.13 Å². The number of hydrogen-bond acceptors (Lipinski definition) is 1. The smallest absolute Gasteiger partial charge is 0.249 e. The molecule has 36 heavy (non-hydrogen) atoms. The van der Waals surface area contributed by atoms with Crippen LogP contribution in [-0.2, 0) is 0 Å². The molecule has 0 atom stereocenters. The first-order chi connectivity index (χ1) is 17.9. The molecule has 6 aromatic rings. The zero-order valence-electron chi connectivity index (χ0n) is 19.8. The summed E-state index contributed by atoms with van der Waals surface area (Å²) in [5, 5.41) is 0. The first-order valence-electron chi connectivity index (χ1n) is 12.1. The van der Waals surface area contributed by atoms with Gasteiger partial charge in [-0.25, -0.2) is 4.98 Å². The molecule has 3 heterocycles. The van der Waals surface area contributed by atoms with E-state index < -0.39 is 0 Å². The molecule has 0 unspecified atom stereocenters. The van der Waals surface area contributed by atoms with E-state index in [-0.39, 0.29) is 0 Å². The second-order valence-corrected chi connectivity index (χ2v) is 8.60. The molecule has 0 radical (unpaired) electrons. The topological polar surface area (TPSA) is 20.6 Å². The Kier molecular flexibility index (Phi) is 5.87. The van der Waals surface area contributed by atoms with Gasteiger partial charge in [-0.15, -0.1) is 0 Å². The third-order valence-electron chi connectivity index (χ3n) is 6.31. The minimum absolute atomic E-state index is 0.959. The SMILES string of the molecule is c1ccc(-c2ccc(-[n+]3cc(-[n+]4ccccc4-c4ccccc4)ccc3-c3ccccc3)cn2)cc1. The van der Waals surface area contributed by atoms with Crippen LogP contribution in [0, 0.1) is 0 Å². The summed E-state index contributed by atoms with van der Waals surface area (Å²) in [4.78, 5) is 4.80. The molecule has 0 saturated carbocycles. The summed E-state index contributed by atoms with van der Waals surface area (Å²) in [6.07, 6.45) is 6.25. The van der Waals surface area contributed by atoms with Crippen molar-refractivity contribution in [3.8, 4) is 45.1 Å². The minimum atomic E-state index is 0.959. The standard InChI is InChI=1S/C33H25N3/c1-4-12-26(13-5-1)31-21-19-29(24-34-31)36-25-30(20-22-33(36)28-16-8-3-9-17-28)35-23-11-10-18-32(35)27-14-6-2-7-15-27/h1-25H/q+2. The summed E-state index contributed by atoms with van der Waals surface area (Å²) in [6, 6.07) is 46.1. The number of pyridine rings is 3. The van der Waals surface area contributed by atoms with Crippen LogP contribution in [0.15, 0.2) is 152 Å². The van der Waals surface area contributed by atoms with E-state index >= 15 is 0 Å². The highest BCUT2D eigenvalue weighted by atomic mass is 15.0. The van der Waals surface area contributed by atoms with Crippen LogP contribution in [0.1, 0.15) is 0 Å². The summed E-state index contributed by atoms with van der Waals surface area (Å²) in [5.74, 6) is 0. The Balaban J connectivity index is 1.50. The highest BCUT2D eigenvalue weighted by Crippen LogP contribution is 2.21. The van der Waals surface area contributed by atoms with E-state index in [9.17, 15) is 0 Å². The molecule has 3 aromatic carbocycles. The van der Waals surface area contributed by atoms with Crippen LogP contribution in [0.2, 0.25) is 0 Å². The summed E-state index contributed by atoms with van der Waals surface area (Å²) in [5.41, 5.74) is 8.71. The molecule has 3 aromatic heterocycles. The van der Waals surface area contributed by atoms with Gasteiger partial charge in [-0.2, -0.15) is 9.13 Å². The maximum Gasteiger partial charge on any atom is 0.276 e. The van der Waals surface area contributed by atoms with E-state index in [2.05, 4.69) is 125 Å². The van der Waals surface area contributed by atoms with Crippen molar-refractivity contribution in [1.82, 2.24) is 4.98 Å². The minimum Gasteiger partial charge on any atom is -0.249 e. The molecule has 0 fully saturated rings. The van der Waals surface area contributed by atoms with Crippen molar-refractivity contribution in [3.63, 3.8) is 0 Å². The van der Waals surface area contributed by atoms with E-state index in [1.807, 2.05) is 36.5 Å². The van der Waals surface area contributed by atoms with Crippen LogP contribution < -0.4 is 9.13 Å². The van der Waals surface area contributed by atoms with E-state index in [0.29, 0.717) is 0 Å². The van der Waals surface area contributed by atoms with Crippen LogP contribution in [0.5, 0.6) is 0 Å². The first-order valence-corrected chi connectivity index (χ1v) is 12.1. The zero-order valence-corrected chi connectivity index (χ0v) is 19.8. The van der Waals surface area contributed by atoms with Crippen LogP contribution in [-0.4, -0.2) is 4.98 Å². The van der Waals surface area contributed by atoms with Crippen LogP contribution in [0.4, 0.5) is 0 Å². The quantitative estimate of drug-likeness (QED) is 0.263. The predicted octanol–water partition coefficient (Wildman–Crippen LogP) is 6.64. The fourth-order valence-electron chi connectivity index (χ4n) is 4.51. The Labute approximate surface area is 211 Å². The van der Waals surface area contributed by atoms with Crippen LogP contribution >= 0.6 is 0 Å². The largest absolute Gasteiger partial charge is 0.276 e. The second kappa shape index (κ2) is 9.77. The molecule has 0 spiro atoms. The van der Waals surface area contributed by atoms with Crippen molar-refractivity contribution in [3.05, 3.63) is 152 Å². The van der Waals surface area contributed by atoms with Crippen molar-refractivity contribution >= 4 is 0 Å². The predicted molar refractivity (Wildman–Crippen MR) is 144 cm³/mol. The van der Waals surface area contributed by atoms with Gasteiger partial charge < -0.3 is 0 Å². The number of nitrogens with zero attached hydrogens (tertiary/aromatic N) is 3. The van der Waals surface area contributed by atoms with Gasteiger partial charge in [-0.3, -0.25) is 0 Å². The van der Waals surface area contributed by atoms with Crippen LogP contribution in [0.25, 0.3) is 45.1 Å².